The lowest BCUT2D eigenvalue weighted by Crippen LogP contribution is -2.15. The fourth-order valence-electron chi connectivity index (χ4n) is 1.29. The molecule has 0 aromatic carbocycles. The molecule has 0 aliphatic heterocycles. The van der Waals surface area contributed by atoms with Crippen molar-refractivity contribution in [3.63, 3.8) is 0 Å². The predicted molar refractivity (Wildman–Crippen MR) is 58.5 cm³/mol. The van der Waals surface area contributed by atoms with Crippen LogP contribution in [0.2, 0.25) is 0 Å². The maximum Gasteiger partial charge on any atom is 0.311 e. The molecule has 0 fully saturated rings. The molecule has 14 heavy (non-hydrogen) atoms. The van der Waals surface area contributed by atoms with Crippen LogP contribution in [0.5, 0.6) is 0 Å². The second-order valence-corrected chi connectivity index (χ2v) is 4.38. The van der Waals surface area contributed by atoms with E-state index in [1.165, 1.54) is 0 Å². The van der Waals surface area contributed by atoms with Gasteiger partial charge in [-0.3, -0.25) is 4.79 Å². The Balaban J connectivity index is 2.29. The first kappa shape index (κ1) is 11.2. The van der Waals surface area contributed by atoms with E-state index in [1.54, 1.807) is 11.3 Å². The van der Waals surface area contributed by atoms with E-state index in [4.69, 9.17) is 4.74 Å². The lowest BCUT2D eigenvalue weighted by molar-refractivity contribution is -0.147. The number of hydrogen-bond acceptors (Lipinski definition) is 3. The van der Waals surface area contributed by atoms with E-state index >= 15 is 0 Å². The first-order valence-electron chi connectivity index (χ1n) is 4.94. The van der Waals surface area contributed by atoms with E-state index in [2.05, 4.69) is 6.92 Å². The summed E-state index contributed by atoms with van der Waals surface area (Å²) in [6.45, 7) is 4.03. The molecule has 0 aliphatic carbocycles. The van der Waals surface area contributed by atoms with E-state index in [1.807, 2.05) is 24.4 Å². The zero-order valence-corrected chi connectivity index (χ0v) is 9.47. The normalized spacial score (nSPS) is 12.4. The molecule has 1 aromatic heterocycles. The van der Waals surface area contributed by atoms with E-state index in [9.17, 15) is 4.79 Å². The van der Waals surface area contributed by atoms with Crippen LogP contribution in [0.25, 0.3) is 0 Å². The smallest absolute Gasteiger partial charge is 0.311 e. The molecule has 0 aliphatic rings. The summed E-state index contributed by atoms with van der Waals surface area (Å²) in [5, 5.41) is 1.97. The van der Waals surface area contributed by atoms with Crippen molar-refractivity contribution < 1.29 is 9.53 Å². The van der Waals surface area contributed by atoms with Crippen LogP contribution in [-0.2, 0) is 16.0 Å². The molecule has 0 bridgehead atoms. The lowest BCUT2D eigenvalue weighted by atomic mass is 10.2. The van der Waals surface area contributed by atoms with E-state index in [0.717, 1.165) is 17.7 Å². The molecule has 1 aromatic rings. The highest BCUT2D eigenvalue weighted by Crippen LogP contribution is 2.11. The largest absolute Gasteiger partial charge is 0.462 e. The molecule has 1 rings (SSSR count). The zero-order chi connectivity index (χ0) is 10.4. The third kappa shape index (κ3) is 3.92. The van der Waals surface area contributed by atoms with E-state index < -0.39 is 0 Å². The number of hydrogen-bond donors (Lipinski definition) is 0. The van der Waals surface area contributed by atoms with Gasteiger partial charge >= 0.3 is 5.97 Å². The summed E-state index contributed by atoms with van der Waals surface area (Å²) in [5.41, 5.74) is 0. The van der Waals surface area contributed by atoms with Crippen molar-refractivity contribution in [2.45, 2.75) is 39.2 Å². The van der Waals surface area contributed by atoms with Gasteiger partial charge in [0, 0.05) is 4.88 Å². The molecule has 1 heterocycles. The average molecular weight is 212 g/mol. The number of carbonyl (C=O) groups is 1. The van der Waals surface area contributed by atoms with Gasteiger partial charge in [-0.15, -0.1) is 11.3 Å². The molecule has 0 amide bonds. The Labute approximate surface area is 88.9 Å². The van der Waals surface area contributed by atoms with Crippen molar-refractivity contribution in [2.75, 3.05) is 0 Å². The number of esters is 1. The van der Waals surface area contributed by atoms with Gasteiger partial charge in [-0.25, -0.2) is 0 Å². The van der Waals surface area contributed by atoms with Gasteiger partial charge in [-0.05, 0) is 24.8 Å². The number of thiophene rings is 1. The quantitative estimate of drug-likeness (QED) is 0.701. The third-order valence-corrected chi connectivity index (χ3v) is 2.80. The van der Waals surface area contributed by atoms with Crippen molar-refractivity contribution in [3.05, 3.63) is 22.4 Å². The van der Waals surface area contributed by atoms with Crippen LogP contribution >= 0.6 is 11.3 Å². The average Bonchev–Trinajstić information content (AvgIpc) is 2.56. The summed E-state index contributed by atoms with van der Waals surface area (Å²) < 4.78 is 5.23. The second kappa shape index (κ2) is 5.81. The Kier molecular flexibility index (Phi) is 4.66. The minimum Gasteiger partial charge on any atom is -0.462 e. The molecule has 78 valence electrons. The summed E-state index contributed by atoms with van der Waals surface area (Å²) in [6, 6.07) is 3.90. The maximum atomic E-state index is 11.4. The van der Waals surface area contributed by atoms with Crippen LogP contribution in [0.1, 0.15) is 31.6 Å². The minimum absolute atomic E-state index is 0.0486. The van der Waals surface area contributed by atoms with Crippen molar-refractivity contribution in [1.82, 2.24) is 0 Å². The highest BCUT2D eigenvalue weighted by atomic mass is 32.1. The highest BCUT2D eigenvalue weighted by molar-refractivity contribution is 7.10. The topological polar surface area (TPSA) is 26.3 Å². The molecule has 0 radical (unpaired) electrons. The van der Waals surface area contributed by atoms with Crippen molar-refractivity contribution in [3.8, 4) is 0 Å². The van der Waals surface area contributed by atoms with Gasteiger partial charge in [-0.2, -0.15) is 0 Å². The van der Waals surface area contributed by atoms with Gasteiger partial charge in [0.1, 0.15) is 0 Å². The van der Waals surface area contributed by atoms with Crippen molar-refractivity contribution >= 4 is 17.3 Å². The van der Waals surface area contributed by atoms with Gasteiger partial charge in [0.2, 0.25) is 0 Å². The van der Waals surface area contributed by atoms with Crippen LogP contribution in [0, 0.1) is 0 Å². The highest BCUT2D eigenvalue weighted by Gasteiger charge is 2.09. The molecule has 0 spiro atoms. The van der Waals surface area contributed by atoms with Gasteiger partial charge in [0.15, 0.2) is 0 Å². The number of ether oxygens (including phenoxy) is 1. The van der Waals surface area contributed by atoms with E-state index in [0.29, 0.717) is 6.42 Å². The Morgan fingerprint density at radius 1 is 1.64 bits per heavy atom. The van der Waals surface area contributed by atoms with Gasteiger partial charge < -0.3 is 4.74 Å². The zero-order valence-electron chi connectivity index (χ0n) is 8.66. The summed E-state index contributed by atoms with van der Waals surface area (Å²) in [6.07, 6.45) is 2.45. The maximum absolute atomic E-state index is 11.4. The van der Waals surface area contributed by atoms with Gasteiger partial charge in [0.05, 0.1) is 12.5 Å². The SMILES string of the molecule is CCCC(C)OC(=O)Cc1cccs1. The molecule has 0 saturated carbocycles. The first-order valence-corrected chi connectivity index (χ1v) is 5.82. The van der Waals surface area contributed by atoms with Gasteiger partial charge in [-0.1, -0.05) is 19.4 Å². The van der Waals surface area contributed by atoms with E-state index in [-0.39, 0.29) is 12.1 Å². The first-order chi connectivity index (χ1) is 6.72. The number of carbonyl (C=O) groups excluding carboxylic acids is 1. The second-order valence-electron chi connectivity index (χ2n) is 3.35. The monoisotopic (exact) mass is 212 g/mol. The van der Waals surface area contributed by atoms with Crippen LogP contribution < -0.4 is 0 Å². The standard InChI is InChI=1S/C11H16O2S/c1-3-5-9(2)13-11(12)8-10-6-4-7-14-10/h4,6-7,9H,3,5,8H2,1-2H3. The Hall–Kier alpha value is -0.830. The molecule has 1 unspecified atom stereocenters. The molecule has 2 nitrogen and oxygen atoms in total. The summed E-state index contributed by atoms with van der Waals surface area (Å²) >= 11 is 1.59. The molecular weight excluding hydrogens is 196 g/mol. The molecule has 0 saturated heterocycles. The molecular formula is C11H16O2S. The summed E-state index contributed by atoms with van der Waals surface area (Å²) in [7, 11) is 0. The fraction of sp³-hybridized carbons (Fsp3) is 0.545. The minimum atomic E-state index is -0.117. The van der Waals surface area contributed by atoms with Gasteiger partial charge in [0.25, 0.3) is 0 Å². The van der Waals surface area contributed by atoms with Crippen LogP contribution in [0.4, 0.5) is 0 Å². The van der Waals surface area contributed by atoms with Crippen molar-refractivity contribution in [2.24, 2.45) is 0 Å². The Morgan fingerprint density at radius 2 is 2.43 bits per heavy atom. The van der Waals surface area contributed by atoms with Crippen LogP contribution in [-0.4, -0.2) is 12.1 Å². The molecule has 1 atom stereocenters. The lowest BCUT2D eigenvalue weighted by Gasteiger charge is -2.11. The summed E-state index contributed by atoms with van der Waals surface area (Å²) in [4.78, 5) is 12.4. The molecule has 0 N–H and O–H groups in total. The van der Waals surface area contributed by atoms with Crippen LogP contribution in [0.15, 0.2) is 17.5 Å². The predicted octanol–water partition coefficient (Wildman–Crippen LogP) is 3.02. The summed E-state index contributed by atoms with van der Waals surface area (Å²) in [5.74, 6) is -0.117. The number of rotatable bonds is 5. The fourth-order valence-corrected chi connectivity index (χ4v) is 1.98. The van der Waals surface area contributed by atoms with Crippen LogP contribution in [0.3, 0.4) is 0 Å². The Morgan fingerprint density at radius 3 is 3.00 bits per heavy atom. The molecule has 3 heteroatoms. The van der Waals surface area contributed by atoms with Crippen molar-refractivity contribution in [1.29, 1.82) is 0 Å². The Bertz CT molecular complexity index is 267. The third-order valence-electron chi connectivity index (χ3n) is 1.93.